The number of rotatable bonds is 11. The van der Waals surface area contributed by atoms with Gasteiger partial charge in [0.2, 0.25) is 0 Å². The van der Waals surface area contributed by atoms with Crippen molar-refractivity contribution in [2.24, 2.45) is 22.4 Å². The van der Waals surface area contributed by atoms with Gasteiger partial charge in [-0.3, -0.25) is 19.2 Å². The molecule has 0 amide bonds. The van der Waals surface area contributed by atoms with Crippen molar-refractivity contribution in [2.75, 3.05) is 13.2 Å². The minimum atomic E-state index is -1.51. The lowest BCUT2D eigenvalue weighted by Crippen LogP contribution is -2.23. The summed E-state index contributed by atoms with van der Waals surface area (Å²) >= 11 is 0. The van der Waals surface area contributed by atoms with Crippen molar-refractivity contribution in [1.82, 2.24) is 0 Å². The lowest BCUT2D eigenvalue weighted by molar-refractivity contribution is -0.148. The molecule has 0 aromatic heterocycles. The second-order valence-corrected chi connectivity index (χ2v) is 9.21. The number of fused-ring (bicyclic) bond motifs is 2. The first-order valence-corrected chi connectivity index (χ1v) is 12.9. The molecule has 41 heavy (non-hydrogen) atoms. The maximum Gasteiger partial charge on any atom is 0.343 e. The third-order valence-corrected chi connectivity index (χ3v) is 6.20. The normalized spacial score (nSPS) is 13.3. The number of hydrogen-bond donors (Lipinski definition) is 4. The zero-order valence-corrected chi connectivity index (χ0v) is 22.4. The molecule has 0 saturated heterocycles. The molecule has 0 fully saturated rings. The molecule has 2 aromatic rings. The van der Waals surface area contributed by atoms with E-state index >= 15 is 0 Å². The number of carbonyl (C=O) groups is 5. The molecular formula is C28H31N3O10. The Morgan fingerprint density at radius 1 is 1.10 bits per heavy atom. The molecule has 13 nitrogen and oxygen atoms in total. The van der Waals surface area contributed by atoms with E-state index in [2.05, 4.69) is 4.99 Å². The molecule has 13 heteroatoms. The number of nitrogens with two attached hydrogens (primary N) is 2. The van der Waals surface area contributed by atoms with Gasteiger partial charge in [0.15, 0.2) is 23.2 Å². The Morgan fingerprint density at radius 2 is 1.85 bits per heavy atom. The third-order valence-electron chi connectivity index (χ3n) is 6.20. The summed E-state index contributed by atoms with van der Waals surface area (Å²) < 4.78 is 16.6. The molecule has 218 valence electrons. The number of carbonyl (C=O) groups excluding carboxylic acids is 3. The number of aliphatic carboxylic acids is 2. The van der Waals surface area contributed by atoms with E-state index in [1.165, 1.54) is 18.2 Å². The van der Waals surface area contributed by atoms with E-state index in [1.807, 2.05) is 0 Å². The van der Waals surface area contributed by atoms with Gasteiger partial charge in [0, 0.05) is 12.8 Å². The van der Waals surface area contributed by atoms with Gasteiger partial charge in [-0.25, -0.2) is 9.79 Å². The van der Waals surface area contributed by atoms with Crippen molar-refractivity contribution in [2.45, 2.75) is 45.4 Å². The number of aliphatic imine (C=N–C) groups is 1. The number of esters is 2. The maximum atomic E-state index is 13.5. The lowest BCUT2D eigenvalue weighted by Gasteiger charge is -2.21. The second kappa shape index (κ2) is 13.9. The van der Waals surface area contributed by atoms with Crippen molar-refractivity contribution in [3.63, 3.8) is 0 Å². The largest absolute Gasteiger partial charge is 0.489 e. The van der Waals surface area contributed by atoms with Crippen LogP contribution >= 0.6 is 0 Å². The smallest absolute Gasteiger partial charge is 0.343 e. The summed E-state index contributed by atoms with van der Waals surface area (Å²) in [5, 5.41) is 18.6. The second-order valence-electron chi connectivity index (χ2n) is 9.21. The van der Waals surface area contributed by atoms with Gasteiger partial charge >= 0.3 is 23.9 Å². The Labute approximate surface area is 235 Å². The van der Waals surface area contributed by atoms with Crippen LogP contribution in [0.4, 0.5) is 5.69 Å². The minimum Gasteiger partial charge on any atom is -0.489 e. The van der Waals surface area contributed by atoms with Gasteiger partial charge in [0.05, 0.1) is 42.4 Å². The van der Waals surface area contributed by atoms with Crippen molar-refractivity contribution in [3.8, 4) is 11.5 Å². The zero-order chi connectivity index (χ0) is 30.1. The number of aryl methyl sites for hydroxylation is 2. The maximum absolute atomic E-state index is 13.5. The van der Waals surface area contributed by atoms with Crippen LogP contribution in [0.2, 0.25) is 0 Å². The van der Waals surface area contributed by atoms with E-state index in [9.17, 15) is 29.1 Å². The van der Waals surface area contributed by atoms with Gasteiger partial charge in [-0.15, -0.1) is 0 Å². The first kappa shape index (κ1) is 30.6. The highest BCUT2D eigenvalue weighted by molar-refractivity contribution is 6.03. The number of nitrogens with zero attached hydrogens (tertiary/aromatic N) is 1. The molecule has 1 unspecified atom stereocenters. The number of benzene rings is 2. The first-order valence-electron chi connectivity index (χ1n) is 12.9. The number of hydrogen-bond acceptors (Lipinski definition) is 9. The number of carboxylic acid groups (broad SMARTS) is 2. The molecule has 1 atom stereocenters. The van der Waals surface area contributed by atoms with Gasteiger partial charge in [0.25, 0.3) is 0 Å². The van der Waals surface area contributed by atoms with Gasteiger partial charge in [-0.05, 0) is 61.6 Å². The molecule has 0 spiro atoms. The van der Waals surface area contributed by atoms with Crippen molar-refractivity contribution in [3.05, 3.63) is 52.6 Å². The Morgan fingerprint density at radius 3 is 2.51 bits per heavy atom. The summed E-state index contributed by atoms with van der Waals surface area (Å²) in [6.07, 6.45) is -0.699. The third kappa shape index (κ3) is 8.27. The molecule has 3 rings (SSSR count). The Balaban J connectivity index is 2.06. The summed E-state index contributed by atoms with van der Waals surface area (Å²) in [6, 6.07) is 7.62. The van der Waals surface area contributed by atoms with Crippen molar-refractivity contribution in [1.29, 1.82) is 0 Å². The highest BCUT2D eigenvalue weighted by Crippen LogP contribution is 2.38. The van der Waals surface area contributed by atoms with E-state index in [1.54, 1.807) is 19.1 Å². The molecule has 0 saturated carbocycles. The highest BCUT2D eigenvalue weighted by atomic mass is 16.6. The Hall–Kier alpha value is -4.94. The SMILES string of the molecule is CCOC(=O)CCc1ccc2c(c1C(=O)CC(CC(=O)O)C(=O)O)OCCCc1cc(N=C(N)N)ccc1C(=O)O2. The van der Waals surface area contributed by atoms with Crippen LogP contribution in [0.15, 0.2) is 35.3 Å². The average Bonchev–Trinajstić information content (AvgIpc) is 2.89. The van der Waals surface area contributed by atoms with E-state index in [0.717, 1.165) is 0 Å². The number of ketones is 1. The van der Waals surface area contributed by atoms with Crippen LogP contribution in [0.25, 0.3) is 0 Å². The van der Waals surface area contributed by atoms with Gasteiger partial charge in [-0.2, -0.15) is 0 Å². The predicted octanol–water partition coefficient (Wildman–Crippen LogP) is 2.38. The predicted molar refractivity (Wildman–Crippen MR) is 144 cm³/mol. The number of ether oxygens (including phenoxy) is 3. The summed E-state index contributed by atoms with van der Waals surface area (Å²) in [5.41, 5.74) is 12.5. The standard InChI is InChI=1S/C28H31N3O10/c1-2-39-23(35)10-6-15-5-9-21-25(24(15)20(32)13-17(26(36)37)14-22(33)34)40-11-3-4-16-12-18(31-28(29)30)7-8-19(16)27(38)41-21/h5,7-9,12,17H,2-4,6,10-11,13-14H2,1H3,(H,33,34)(H,36,37)(H4,29,30,31). The number of guanidine groups is 1. The Bertz CT molecular complexity index is 1380. The van der Waals surface area contributed by atoms with Crippen LogP contribution in [0.3, 0.4) is 0 Å². The van der Waals surface area contributed by atoms with Crippen LogP contribution in [-0.2, 0) is 32.0 Å². The topological polar surface area (TPSA) is 218 Å². The first-order chi connectivity index (χ1) is 19.5. The molecule has 0 bridgehead atoms. The zero-order valence-electron chi connectivity index (χ0n) is 22.4. The van der Waals surface area contributed by atoms with Crippen LogP contribution in [0.1, 0.15) is 64.4 Å². The van der Waals surface area contributed by atoms with Crippen LogP contribution < -0.4 is 20.9 Å². The molecular weight excluding hydrogens is 538 g/mol. The fraction of sp³-hybridized carbons (Fsp3) is 0.357. The van der Waals surface area contributed by atoms with Crippen molar-refractivity contribution < 1.29 is 48.4 Å². The Kier molecular flexibility index (Phi) is 10.4. The quantitative estimate of drug-likeness (QED) is 0.101. The number of carboxylic acids is 2. The van der Waals surface area contributed by atoms with E-state index in [0.29, 0.717) is 29.7 Å². The number of Topliss-reactive ketones (excluding diaryl/α,β-unsaturated/α-hetero) is 1. The summed E-state index contributed by atoms with van der Waals surface area (Å²) in [7, 11) is 0. The highest BCUT2D eigenvalue weighted by Gasteiger charge is 2.30. The van der Waals surface area contributed by atoms with Crippen LogP contribution in [-0.4, -0.2) is 59.0 Å². The fourth-order valence-electron chi connectivity index (χ4n) is 4.39. The molecule has 1 heterocycles. The fourth-order valence-corrected chi connectivity index (χ4v) is 4.39. The average molecular weight is 570 g/mol. The lowest BCUT2D eigenvalue weighted by atomic mass is 9.91. The van der Waals surface area contributed by atoms with Gasteiger partial charge in [0.1, 0.15) is 0 Å². The van der Waals surface area contributed by atoms with Gasteiger partial charge < -0.3 is 35.9 Å². The molecule has 2 aromatic carbocycles. The monoisotopic (exact) mass is 569 g/mol. The summed E-state index contributed by atoms with van der Waals surface area (Å²) in [6.45, 7) is 1.90. The molecule has 6 N–H and O–H groups in total. The summed E-state index contributed by atoms with van der Waals surface area (Å²) in [4.78, 5) is 65.7. The molecule has 0 radical (unpaired) electrons. The van der Waals surface area contributed by atoms with Crippen LogP contribution in [0.5, 0.6) is 11.5 Å². The molecule has 0 aliphatic carbocycles. The van der Waals surface area contributed by atoms with Crippen LogP contribution in [0, 0.1) is 5.92 Å². The molecule has 1 aliphatic rings. The molecule has 1 aliphatic heterocycles. The van der Waals surface area contributed by atoms with Gasteiger partial charge in [-0.1, -0.05) is 6.07 Å². The van der Waals surface area contributed by atoms with Crippen molar-refractivity contribution >= 4 is 41.3 Å². The summed E-state index contributed by atoms with van der Waals surface area (Å²) in [5.74, 6) is -6.66. The van der Waals surface area contributed by atoms with E-state index < -0.39 is 48.4 Å². The van der Waals surface area contributed by atoms with E-state index in [4.69, 9.17) is 30.8 Å². The minimum absolute atomic E-state index is 0.0392. The van der Waals surface area contributed by atoms with E-state index in [-0.39, 0.29) is 54.6 Å².